The van der Waals surface area contributed by atoms with Crippen molar-refractivity contribution < 1.29 is 0 Å². The van der Waals surface area contributed by atoms with E-state index in [0.29, 0.717) is 5.39 Å². The second-order valence-corrected chi connectivity index (χ2v) is 6.36. The van der Waals surface area contributed by atoms with E-state index in [-0.39, 0.29) is 11.5 Å². The van der Waals surface area contributed by atoms with E-state index in [1.807, 2.05) is 54.6 Å². The molecule has 0 aliphatic carbocycles. The average Bonchev–Trinajstić information content (AvgIpc) is 2.56. The fourth-order valence-corrected chi connectivity index (χ4v) is 3.16. The minimum Gasteiger partial charge on any atom is -0.268 e. The lowest BCUT2D eigenvalue weighted by molar-refractivity contribution is 0.676. The number of hydrogen-bond donors (Lipinski definition) is 0. The summed E-state index contributed by atoms with van der Waals surface area (Å²) in [4.78, 5) is 17.9. The molecule has 0 fully saturated rings. The van der Waals surface area contributed by atoms with Gasteiger partial charge in [0.05, 0.1) is 16.6 Å². The number of rotatable bonds is 4. The lowest BCUT2D eigenvalue weighted by Gasteiger charge is -2.18. The fourth-order valence-electron chi connectivity index (χ4n) is 2.70. The molecular formula is C19H17BrN2O. The van der Waals surface area contributed by atoms with E-state index in [1.54, 1.807) is 4.57 Å². The summed E-state index contributed by atoms with van der Waals surface area (Å²) in [7, 11) is 0. The maximum Gasteiger partial charge on any atom is 0.266 e. The van der Waals surface area contributed by atoms with Crippen molar-refractivity contribution in [1.82, 2.24) is 9.55 Å². The molecule has 0 spiro atoms. The van der Waals surface area contributed by atoms with Gasteiger partial charge in [-0.2, -0.15) is 0 Å². The van der Waals surface area contributed by atoms with Crippen LogP contribution in [-0.4, -0.2) is 9.55 Å². The SMILES string of the molecule is C=CC[C@H](C)c1nc2ccccc2c(=O)n1-c1ccccc1Br. The molecule has 0 aliphatic rings. The number of hydrogen-bond acceptors (Lipinski definition) is 2. The van der Waals surface area contributed by atoms with Crippen LogP contribution in [0.5, 0.6) is 0 Å². The third-order valence-electron chi connectivity index (χ3n) is 3.86. The molecule has 3 aromatic rings. The molecule has 0 N–H and O–H groups in total. The smallest absolute Gasteiger partial charge is 0.266 e. The minimum atomic E-state index is -0.0478. The third-order valence-corrected chi connectivity index (χ3v) is 4.53. The first-order chi connectivity index (χ1) is 11.1. The zero-order valence-corrected chi connectivity index (χ0v) is 14.5. The molecule has 0 aliphatic heterocycles. The highest BCUT2D eigenvalue weighted by Gasteiger charge is 2.18. The first-order valence-corrected chi connectivity index (χ1v) is 8.30. The van der Waals surface area contributed by atoms with Gasteiger partial charge in [0.25, 0.3) is 5.56 Å². The quantitative estimate of drug-likeness (QED) is 0.618. The zero-order valence-electron chi connectivity index (χ0n) is 12.9. The molecule has 0 saturated heterocycles. The van der Waals surface area contributed by atoms with E-state index in [1.165, 1.54) is 0 Å². The predicted molar refractivity (Wildman–Crippen MR) is 98.3 cm³/mol. The van der Waals surface area contributed by atoms with E-state index in [2.05, 4.69) is 29.4 Å². The number of para-hydroxylation sites is 2. The largest absolute Gasteiger partial charge is 0.268 e. The van der Waals surface area contributed by atoms with Gasteiger partial charge in [-0.3, -0.25) is 9.36 Å². The Morgan fingerprint density at radius 2 is 1.91 bits per heavy atom. The van der Waals surface area contributed by atoms with Crippen molar-refractivity contribution >= 4 is 26.8 Å². The van der Waals surface area contributed by atoms with Crippen molar-refractivity contribution in [2.24, 2.45) is 0 Å². The lowest BCUT2D eigenvalue weighted by atomic mass is 10.1. The molecule has 0 bridgehead atoms. The van der Waals surface area contributed by atoms with E-state index >= 15 is 0 Å². The molecule has 1 atom stereocenters. The Hall–Kier alpha value is -2.20. The van der Waals surface area contributed by atoms with Crippen molar-refractivity contribution in [3.8, 4) is 5.69 Å². The topological polar surface area (TPSA) is 34.9 Å². The van der Waals surface area contributed by atoms with Crippen LogP contribution < -0.4 is 5.56 Å². The molecule has 1 aromatic heterocycles. The minimum absolute atomic E-state index is 0.0478. The Labute approximate surface area is 143 Å². The van der Waals surface area contributed by atoms with Gasteiger partial charge in [-0.25, -0.2) is 4.98 Å². The van der Waals surface area contributed by atoms with Crippen LogP contribution >= 0.6 is 15.9 Å². The normalized spacial score (nSPS) is 12.3. The summed E-state index contributed by atoms with van der Waals surface area (Å²) in [5.74, 6) is 0.845. The molecule has 0 radical (unpaired) electrons. The first kappa shape index (κ1) is 15.7. The Balaban J connectivity index is 2.40. The number of allylic oxidation sites excluding steroid dienone is 1. The molecule has 0 saturated carbocycles. The summed E-state index contributed by atoms with van der Waals surface area (Å²) >= 11 is 3.55. The molecule has 4 heteroatoms. The van der Waals surface area contributed by atoms with Crippen molar-refractivity contribution in [3.63, 3.8) is 0 Å². The second kappa shape index (κ2) is 6.50. The molecule has 0 unspecified atom stereocenters. The number of aromatic nitrogens is 2. The lowest BCUT2D eigenvalue weighted by Crippen LogP contribution is -2.25. The number of benzene rings is 2. The Bertz CT molecular complexity index is 930. The molecule has 3 nitrogen and oxygen atoms in total. The Morgan fingerprint density at radius 3 is 2.65 bits per heavy atom. The average molecular weight is 369 g/mol. The summed E-state index contributed by atoms with van der Waals surface area (Å²) < 4.78 is 2.58. The van der Waals surface area contributed by atoms with Gasteiger partial charge in [-0.05, 0) is 46.6 Å². The third kappa shape index (κ3) is 2.86. The van der Waals surface area contributed by atoms with Crippen LogP contribution in [0.1, 0.15) is 25.1 Å². The first-order valence-electron chi connectivity index (χ1n) is 7.51. The highest BCUT2D eigenvalue weighted by atomic mass is 79.9. The highest BCUT2D eigenvalue weighted by molar-refractivity contribution is 9.10. The molecular weight excluding hydrogens is 352 g/mol. The summed E-state index contributed by atoms with van der Waals surface area (Å²) in [5.41, 5.74) is 1.49. The molecule has 116 valence electrons. The van der Waals surface area contributed by atoms with E-state index in [4.69, 9.17) is 4.98 Å². The van der Waals surface area contributed by atoms with Crippen LogP contribution in [0.15, 0.2) is 70.5 Å². The van der Waals surface area contributed by atoms with E-state index < -0.39 is 0 Å². The van der Waals surface area contributed by atoms with Crippen molar-refractivity contribution in [1.29, 1.82) is 0 Å². The van der Waals surface area contributed by atoms with E-state index in [0.717, 1.165) is 27.9 Å². The Kier molecular flexibility index (Phi) is 4.44. The number of fused-ring (bicyclic) bond motifs is 1. The summed E-state index contributed by atoms with van der Waals surface area (Å²) in [5, 5.41) is 0.623. The van der Waals surface area contributed by atoms with Gasteiger partial charge < -0.3 is 0 Å². The van der Waals surface area contributed by atoms with Crippen LogP contribution in [0.3, 0.4) is 0 Å². The van der Waals surface area contributed by atoms with Crippen LogP contribution in [0.25, 0.3) is 16.6 Å². The zero-order chi connectivity index (χ0) is 16.4. The summed E-state index contributed by atoms with van der Waals surface area (Å²) in [6.07, 6.45) is 2.62. The second-order valence-electron chi connectivity index (χ2n) is 5.50. The number of nitrogens with zero attached hydrogens (tertiary/aromatic N) is 2. The van der Waals surface area contributed by atoms with Crippen molar-refractivity contribution in [2.45, 2.75) is 19.3 Å². The molecule has 23 heavy (non-hydrogen) atoms. The van der Waals surface area contributed by atoms with Gasteiger partial charge in [0.15, 0.2) is 0 Å². The van der Waals surface area contributed by atoms with Crippen LogP contribution in [0.2, 0.25) is 0 Å². The summed E-state index contributed by atoms with van der Waals surface area (Å²) in [6, 6.07) is 15.2. The Morgan fingerprint density at radius 1 is 1.22 bits per heavy atom. The van der Waals surface area contributed by atoms with Crippen LogP contribution in [0, 0.1) is 0 Å². The summed E-state index contributed by atoms with van der Waals surface area (Å²) in [6.45, 7) is 5.87. The van der Waals surface area contributed by atoms with E-state index in [9.17, 15) is 4.79 Å². The van der Waals surface area contributed by atoms with Crippen molar-refractivity contribution in [2.75, 3.05) is 0 Å². The van der Waals surface area contributed by atoms with Gasteiger partial charge in [0, 0.05) is 10.4 Å². The van der Waals surface area contributed by atoms with Gasteiger partial charge >= 0.3 is 0 Å². The van der Waals surface area contributed by atoms with Gasteiger partial charge in [0.1, 0.15) is 5.82 Å². The van der Waals surface area contributed by atoms with Crippen LogP contribution in [-0.2, 0) is 0 Å². The monoisotopic (exact) mass is 368 g/mol. The maximum atomic E-state index is 13.1. The number of halogens is 1. The fraction of sp³-hybridized carbons (Fsp3) is 0.158. The molecule has 2 aromatic carbocycles. The van der Waals surface area contributed by atoms with Crippen LogP contribution in [0.4, 0.5) is 0 Å². The van der Waals surface area contributed by atoms with Crippen molar-refractivity contribution in [3.05, 3.63) is 81.8 Å². The van der Waals surface area contributed by atoms with Gasteiger partial charge in [-0.1, -0.05) is 37.3 Å². The van der Waals surface area contributed by atoms with Gasteiger partial charge in [0.2, 0.25) is 0 Å². The maximum absolute atomic E-state index is 13.1. The standard InChI is InChI=1S/C19H17BrN2O/c1-3-8-13(2)18-21-16-11-6-4-9-14(16)19(23)22(18)17-12-7-5-10-15(17)20/h3-7,9-13H,1,8H2,2H3/t13-/m0/s1. The molecule has 3 rings (SSSR count). The molecule has 1 heterocycles. The predicted octanol–water partition coefficient (Wildman–Crippen LogP) is 4.83. The highest BCUT2D eigenvalue weighted by Crippen LogP contribution is 2.26. The van der Waals surface area contributed by atoms with Gasteiger partial charge in [-0.15, -0.1) is 6.58 Å². The molecule has 0 amide bonds.